The van der Waals surface area contributed by atoms with Crippen molar-refractivity contribution in [3.63, 3.8) is 0 Å². The summed E-state index contributed by atoms with van der Waals surface area (Å²) in [6.45, 7) is 3.85. The third kappa shape index (κ3) is 2.21. The number of ether oxygens (including phenoxy) is 2. The van der Waals surface area contributed by atoms with Crippen molar-refractivity contribution in [3.8, 4) is 5.75 Å². The van der Waals surface area contributed by atoms with Crippen molar-refractivity contribution in [2.24, 2.45) is 0 Å². The second-order valence-corrected chi connectivity index (χ2v) is 2.75. The molecule has 0 atom stereocenters. The third-order valence-electron chi connectivity index (χ3n) is 1.91. The van der Waals surface area contributed by atoms with Crippen LogP contribution in [0.1, 0.15) is 11.1 Å². The lowest BCUT2D eigenvalue weighted by atomic mass is 10.1. The molecule has 0 aliphatic carbocycles. The van der Waals surface area contributed by atoms with Gasteiger partial charge < -0.3 is 9.47 Å². The van der Waals surface area contributed by atoms with Gasteiger partial charge in [0.25, 0.3) is 0 Å². The smallest absolute Gasteiger partial charge is 0.437 e. The molecule has 70 valence electrons. The van der Waals surface area contributed by atoms with Crippen LogP contribution in [0.4, 0.5) is 4.79 Å². The summed E-state index contributed by atoms with van der Waals surface area (Å²) >= 11 is 0. The van der Waals surface area contributed by atoms with Crippen molar-refractivity contribution in [2.45, 2.75) is 13.8 Å². The minimum atomic E-state index is -0.686. The molecule has 0 saturated heterocycles. The first kappa shape index (κ1) is 9.58. The molecular weight excluding hydrogens is 168 g/mol. The standard InChI is InChI=1S/C10H12O3/c1-7-5-4-6-9(8(7)2)13-10(11)12-3/h4-6H,1-3H3. The molecule has 0 amide bonds. The van der Waals surface area contributed by atoms with Crippen LogP contribution < -0.4 is 4.74 Å². The highest BCUT2D eigenvalue weighted by atomic mass is 16.7. The monoisotopic (exact) mass is 180 g/mol. The molecule has 0 unspecified atom stereocenters. The normalized spacial score (nSPS) is 9.46. The highest BCUT2D eigenvalue weighted by molar-refractivity contribution is 5.64. The summed E-state index contributed by atoms with van der Waals surface area (Å²) in [5.74, 6) is 0.548. The van der Waals surface area contributed by atoms with E-state index in [0.29, 0.717) is 5.75 Å². The Labute approximate surface area is 77.3 Å². The molecule has 0 spiro atoms. The summed E-state index contributed by atoms with van der Waals surface area (Å²) in [7, 11) is 1.29. The van der Waals surface area contributed by atoms with Gasteiger partial charge in [-0.15, -0.1) is 0 Å². The Morgan fingerprint density at radius 3 is 2.62 bits per heavy atom. The van der Waals surface area contributed by atoms with Gasteiger partial charge in [0.1, 0.15) is 5.75 Å². The van der Waals surface area contributed by atoms with Crippen molar-refractivity contribution >= 4 is 6.16 Å². The zero-order chi connectivity index (χ0) is 9.84. The van der Waals surface area contributed by atoms with Crippen molar-refractivity contribution < 1.29 is 14.3 Å². The molecule has 0 fully saturated rings. The largest absolute Gasteiger partial charge is 0.513 e. The van der Waals surface area contributed by atoms with Crippen LogP contribution in [0.2, 0.25) is 0 Å². The van der Waals surface area contributed by atoms with Gasteiger partial charge in [0.15, 0.2) is 0 Å². The van der Waals surface area contributed by atoms with E-state index in [1.165, 1.54) is 7.11 Å². The third-order valence-corrected chi connectivity index (χ3v) is 1.91. The van der Waals surface area contributed by atoms with Crippen molar-refractivity contribution in [1.82, 2.24) is 0 Å². The Bertz CT molecular complexity index is 318. The minimum Gasteiger partial charge on any atom is -0.437 e. The molecular formula is C10H12O3. The summed E-state index contributed by atoms with van der Waals surface area (Å²) in [5.41, 5.74) is 2.04. The second kappa shape index (κ2) is 3.94. The molecule has 0 bridgehead atoms. The number of carbonyl (C=O) groups excluding carboxylic acids is 1. The van der Waals surface area contributed by atoms with Crippen LogP contribution in [0.3, 0.4) is 0 Å². The fourth-order valence-electron chi connectivity index (χ4n) is 0.966. The lowest BCUT2D eigenvalue weighted by molar-refractivity contribution is 0.121. The van der Waals surface area contributed by atoms with E-state index in [1.54, 1.807) is 6.07 Å². The fraction of sp³-hybridized carbons (Fsp3) is 0.300. The number of hydrogen-bond acceptors (Lipinski definition) is 3. The highest BCUT2D eigenvalue weighted by Gasteiger charge is 2.06. The SMILES string of the molecule is COC(=O)Oc1cccc(C)c1C. The van der Waals surface area contributed by atoms with Gasteiger partial charge in [-0.3, -0.25) is 0 Å². The topological polar surface area (TPSA) is 35.5 Å². The van der Waals surface area contributed by atoms with E-state index >= 15 is 0 Å². The van der Waals surface area contributed by atoms with Crippen LogP contribution in [0, 0.1) is 13.8 Å². The quantitative estimate of drug-likeness (QED) is 0.492. The van der Waals surface area contributed by atoms with Crippen LogP contribution in [0.5, 0.6) is 5.75 Å². The Morgan fingerprint density at radius 1 is 1.31 bits per heavy atom. The minimum absolute atomic E-state index is 0.548. The molecule has 0 aromatic heterocycles. The average Bonchev–Trinajstić information content (AvgIpc) is 2.13. The summed E-state index contributed by atoms with van der Waals surface area (Å²) in [6, 6.07) is 5.53. The first-order chi connectivity index (χ1) is 6.15. The lowest BCUT2D eigenvalue weighted by Gasteiger charge is -2.07. The van der Waals surface area contributed by atoms with E-state index in [4.69, 9.17) is 4.74 Å². The molecule has 0 aliphatic heterocycles. The first-order valence-corrected chi connectivity index (χ1v) is 3.97. The molecule has 3 nitrogen and oxygen atoms in total. The maximum Gasteiger partial charge on any atom is 0.513 e. The predicted octanol–water partition coefficient (Wildman–Crippen LogP) is 2.45. The van der Waals surface area contributed by atoms with Gasteiger partial charge in [-0.05, 0) is 31.0 Å². The molecule has 0 aliphatic rings. The molecule has 0 saturated carbocycles. The number of hydrogen-bond donors (Lipinski definition) is 0. The molecule has 0 radical (unpaired) electrons. The summed E-state index contributed by atoms with van der Waals surface area (Å²) in [5, 5.41) is 0. The van der Waals surface area contributed by atoms with Crippen LogP contribution in [-0.2, 0) is 4.74 Å². The fourth-order valence-corrected chi connectivity index (χ4v) is 0.966. The van der Waals surface area contributed by atoms with Gasteiger partial charge in [0.05, 0.1) is 7.11 Å². The second-order valence-electron chi connectivity index (χ2n) is 2.75. The zero-order valence-corrected chi connectivity index (χ0v) is 7.96. The van der Waals surface area contributed by atoms with E-state index in [1.807, 2.05) is 26.0 Å². The van der Waals surface area contributed by atoms with Crippen LogP contribution in [-0.4, -0.2) is 13.3 Å². The number of rotatable bonds is 1. The summed E-state index contributed by atoms with van der Waals surface area (Å²) in [4.78, 5) is 10.8. The van der Waals surface area contributed by atoms with Gasteiger partial charge >= 0.3 is 6.16 Å². The molecule has 0 heterocycles. The van der Waals surface area contributed by atoms with Gasteiger partial charge in [0.2, 0.25) is 0 Å². The summed E-state index contributed by atoms with van der Waals surface area (Å²) in [6.07, 6.45) is -0.686. The molecule has 1 aromatic carbocycles. The Kier molecular flexibility index (Phi) is 2.90. The molecule has 1 rings (SSSR count). The van der Waals surface area contributed by atoms with Crippen LogP contribution in [0.25, 0.3) is 0 Å². The highest BCUT2D eigenvalue weighted by Crippen LogP contribution is 2.20. The Balaban J connectivity index is 2.89. The summed E-state index contributed by atoms with van der Waals surface area (Å²) < 4.78 is 9.30. The van der Waals surface area contributed by atoms with E-state index in [9.17, 15) is 4.79 Å². The van der Waals surface area contributed by atoms with Crippen molar-refractivity contribution in [3.05, 3.63) is 29.3 Å². The molecule has 3 heteroatoms. The number of methoxy groups -OCH3 is 1. The maximum absolute atomic E-state index is 10.8. The van der Waals surface area contributed by atoms with Crippen LogP contribution >= 0.6 is 0 Å². The van der Waals surface area contributed by atoms with E-state index < -0.39 is 6.16 Å². The van der Waals surface area contributed by atoms with Gasteiger partial charge in [-0.25, -0.2) is 4.79 Å². The van der Waals surface area contributed by atoms with Gasteiger partial charge in [0, 0.05) is 0 Å². The molecule has 1 aromatic rings. The average molecular weight is 180 g/mol. The molecule has 0 N–H and O–H groups in total. The number of benzene rings is 1. The van der Waals surface area contributed by atoms with E-state index in [-0.39, 0.29) is 0 Å². The molecule has 13 heavy (non-hydrogen) atoms. The van der Waals surface area contributed by atoms with Gasteiger partial charge in [-0.1, -0.05) is 12.1 Å². The van der Waals surface area contributed by atoms with Crippen molar-refractivity contribution in [2.75, 3.05) is 7.11 Å². The number of carbonyl (C=O) groups is 1. The Morgan fingerprint density at radius 2 is 2.00 bits per heavy atom. The first-order valence-electron chi connectivity index (χ1n) is 3.97. The van der Waals surface area contributed by atoms with E-state index in [0.717, 1.165) is 11.1 Å². The Hall–Kier alpha value is -1.51. The number of aryl methyl sites for hydroxylation is 1. The zero-order valence-electron chi connectivity index (χ0n) is 7.96. The lowest BCUT2D eigenvalue weighted by Crippen LogP contribution is -2.08. The van der Waals surface area contributed by atoms with Crippen molar-refractivity contribution in [1.29, 1.82) is 0 Å². The van der Waals surface area contributed by atoms with E-state index in [2.05, 4.69) is 4.74 Å². The van der Waals surface area contributed by atoms with Crippen LogP contribution in [0.15, 0.2) is 18.2 Å². The maximum atomic E-state index is 10.8. The predicted molar refractivity (Wildman–Crippen MR) is 48.9 cm³/mol. The van der Waals surface area contributed by atoms with Gasteiger partial charge in [-0.2, -0.15) is 0 Å².